The zero-order chi connectivity index (χ0) is 23.1. The lowest BCUT2D eigenvalue weighted by molar-refractivity contribution is -0.384. The van der Waals surface area contributed by atoms with Crippen molar-refractivity contribution in [2.45, 2.75) is 20.0 Å². The number of hydrogen-bond acceptors (Lipinski definition) is 7. The molecule has 1 heterocycles. The maximum Gasteiger partial charge on any atom is 0.273 e. The average Bonchev–Trinajstić information content (AvgIpc) is 3.27. The third-order valence-corrected chi connectivity index (χ3v) is 4.72. The van der Waals surface area contributed by atoms with Gasteiger partial charge in [-0.2, -0.15) is 0 Å². The number of nitro benzene ring substituents is 1. The number of nitrogens with one attached hydrogen (secondary N) is 2. The molecule has 0 unspecified atom stereocenters. The molecule has 0 atom stereocenters. The van der Waals surface area contributed by atoms with Crippen LogP contribution < -0.4 is 15.4 Å². The molecule has 0 aliphatic carbocycles. The lowest BCUT2D eigenvalue weighted by Gasteiger charge is -2.11. The molecule has 3 aromatic rings. The minimum Gasteiger partial charge on any atom is -0.491 e. The van der Waals surface area contributed by atoms with Crippen molar-refractivity contribution in [3.8, 4) is 5.75 Å². The molecule has 3 rings (SSSR count). The fourth-order valence-electron chi connectivity index (χ4n) is 2.64. The molecule has 0 fully saturated rings. The predicted molar refractivity (Wildman–Crippen MR) is 121 cm³/mol. The van der Waals surface area contributed by atoms with E-state index in [1.54, 1.807) is 35.8 Å². The Kier molecular flexibility index (Phi) is 7.29. The second-order valence-electron chi connectivity index (χ2n) is 6.85. The molecule has 0 saturated heterocycles. The predicted octanol–water partition coefficient (Wildman–Crippen LogP) is 4.25. The third kappa shape index (κ3) is 6.22. The van der Waals surface area contributed by atoms with Gasteiger partial charge < -0.3 is 10.1 Å². The second kappa shape index (κ2) is 10.3. The van der Waals surface area contributed by atoms with Crippen LogP contribution in [0.25, 0.3) is 6.08 Å². The summed E-state index contributed by atoms with van der Waals surface area (Å²) in [4.78, 5) is 39.9. The number of non-ortho nitro benzene ring substituents is 1. The van der Waals surface area contributed by atoms with Gasteiger partial charge in [-0.15, -0.1) is 11.3 Å². The van der Waals surface area contributed by atoms with Crippen LogP contribution in [0.3, 0.4) is 0 Å². The standard InChI is InChI=1S/C22H20N4O5S/c1-14(2)31-18-8-6-15(7-9-18)12-19(21(28)25-22-23-10-11-32-22)24-20(27)16-4-3-5-17(13-16)26(29)30/h3-14H,1-2H3,(H,24,27)(H,23,25,28)/b19-12-. The van der Waals surface area contributed by atoms with Gasteiger partial charge in [0.1, 0.15) is 11.4 Å². The number of hydrogen-bond donors (Lipinski definition) is 2. The summed E-state index contributed by atoms with van der Waals surface area (Å²) in [5.41, 5.74) is 0.419. The van der Waals surface area contributed by atoms with Crippen LogP contribution in [0.1, 0.15) is 29.8 Å². The summed E-state index contributed by atoms with van der Waals surface area (Å²) in [7, 11) is 0. The number of thiazole rings is 1. The summed E-state index contributed by atoms with van der Waals surface area (Å²) >= 11 is 1.23. The molecule has 0 spiro atoms. The number of anilines is 1. The maximum absolute atomic E-state index is 12.8. The summed E-state index contributed by atoms with van der Waals surface area (Å²) in [6, 6.07) is 12.3. The highest BCUT2D eigenvalue weighted by Crippen LogP contribution is 2.18. The summed E-state index contributed by atoms with van der Waals surface area (Å²) < 4.78 is 5.61. The molecule has 9 nitrogen and oxygen atoms in total. The summed E-state index contributed by atoms with van der Waals surface area (Å²) in [5, 5.41) is 18.2. The van der Waals surface area contributed by atoms with Crippen molar-refractivity contribution in [3.63, 3.8) is 0 Å². The van der Waals surface area contributed by atoms with E-state index >= 15 is 0 Å². The first-order valence-corrected chi connectivity index (χ1v) is 10.4. The molecule has 2 amide bonds. The van der Waals surface area contributed by atoms with Gasteiger partial charge in [-0.05, 0) is 43.7 Å². The molecule has 0 radical (unpaired) electrons. The van der Waals surface area contributed by atoms with Gasteiger partial charge in [-0.3, -0.25) is 25.0 Å². The van der Waals surface area contributed by atoms with E-state index in [4.69, 9.17) is 4.74 Å². The maximum atomic E-state index is 12.8. The van der Waals surface area contributed by atoms with Crippen LogP contribution in [0.5, 0.6) is 5.75 Å². The molecule has 2 N–H and O–H groups in total. The molecule has 0 aliphatic heterocycles. The van der Waals surface area contributed by atoms with E-state index in [-0.39, 0.29) is 23.1 Å². The Morgan fingerprint density at radius 1 is 1.19 bits per heavy atom. The highest BCUT2D eigenvalue weighted by Gasteiger charge is 2.17. The molecular formula is C22H20N4O5S. The van der Waals surface area contributed by atoms with E-state index in [2.05, 4.69) is 15.6 Å². The molecule has 32 heavy (non-hydrogen) atoms. The lowest BCUT2D eigenvalue weighted by atomic mass is 10.1. The Hall–Kier alpha value is -4.05. The Bertz CT molecular complexity index is 1140. The summed E-state index contributed by atoms with van der Waals surface area (Å²) in [6.45, 7) is 3.83. The monoisotopic (exact) mass is 452 g/mol. The van der Waals surface area contributed by atoms with E-state index in [9.17, 15) is 19.7 Å². The molecule has 0 saturated carbocycles. The van der Waals surface area contributed by atoms with Crippen LogP contribution in [-0.4, -0.2) is 27.8 Å². The number of carbonyl (C=O) groups is 2. The number of carbonyl (C=O) groups excluding carboxylic acids is 2. The normalized spacial score (nSPS) is 11.2. The van der Waals surface area contributed by atoms with Crippen LogP contribution >= 0.6 is 11.3 Å². The smallest absolute Gasteiger partial charge is 0.273 e. The van der Waals surface area contributed by atoms with Crippen molar-refractivity contribution < 1.29 is 19.2 Å². The van der Waals surface area contributed by atoms with Gasteiger partial charge in [-0.1, -0.05) is 18.2 Å². The van der Waals surface area contributed by atoms with Gasteiger partial charge in [0, 0.05) is 29.3 Å². The van der Waals surface area contributed by atoms with Gasteiger partial charge >= 0.3 is 0 Å². The Morgan fingerprint density at radius 2 is 1.94 bits per heavy atom. The van der Waals surface area contributed by atoms with E-state index in [1.165, 1.54) is 35.6 Å². The number of amides is 2. The number of benzene rings is 2. The summed E-state index contributed by atoms with van der Waals surface area (Å²) in [6.07, 6.45) is 3.06. The van der Waals surface area contributed by atoms with Crippen molar-refractivity contribution in [1.82, 2.24) is 10.3 Å². The highest BCUT2D eigenvalue weighted by atomic mass is 32.1. The number of aromatic nitrogens is 1. The van der Waals surface area contributed by atoms with Crippen LogP contribution in [0.4, 0.5) is 10.8 Å². The SMILES string of the molecule is CC(C)Oc1ccc(/C=C(\NC(=O)c2cccc([N+](=O)[O-])c2)C(=O)Nc2nccs2)cc1. The molecule has 0 aliphatic rings. The molecule has 1 aromatic heterocycles. The quantitative estimate of drug-likeness (QED) is 0.299. The van der Waals surface area contributed by atoms with Crippen molar-refractivity contribution in [2.75, 3.05) is 5.32 Å². The minimum atomic E-state index is -0.658. The number of ether oxygens (including phenoxy) is 1. The number of rotatable bonds is 8. The zero-order valence-corrected chi connectivity index (χ0v) is 18.1. The van der Waals surface area contributed by atoms with Crippen molar-refractivity contribution >= 4 is 40.0 Å². The Balaban J connectivity index is 1.87. The first-order valence-electron chi connectivity index (χ1n) is 9.57. The molecule has 164 valence electrons. The van der Waals surface area contributed by atoms with E-state index < -0.39 is 16.7 Å². The summed E-state index contributed by atoms with van der Waals surface area (Å²) in [5.74, 6) is -0.568. The third-order valence-electron chi connectivity index (χ3n) is 4.03. The van der Waals surface area contributed by atoms with Crippen LogP contribution in [0.2, 0.25) is 0 Å². The van der Waals surface area contributed by atoms with E-state index in [0.717, 1.165) is 6.07 Å². The highest BCUT2D eigenvalue weighted by molar-refractivity contribution is 7.13. The van der Waals surface area contributed by atoms with Gasteiger partial charge in [0.15, 0.2) is 5.13 Å². The van der Waals surface area contributed by atoms with Gasteiger partial charge in [-0.25, -0.2) is 4.98 Å². The molecule has 10 heteroatoms. The van der Waals surface area contributed by atoms with Gasteiger partial charge in [0.25, 0.3) is 17.5 Å². The molecule has 2 aromatic carbocycles. The lowest BCUT2D eigenvalue weighted by Crippen LogP contribution is -2.30. The van der Waals surface area contributed by atoms with Crippen molar-refractivity contribution in [1.29, 1.82) is 0 Å². The Morgan fingerprint density at radius 3 is 2.56 bits per heavy atom. The first kappa shape index (κ1) is 22.6. The molecule has 0 bridgehead atoms. The van der Waals surface area contributed by atoms with Crippen LogP contribution in [-0.2, 0) is 4.79 Å². The fourth-order valence-corrected chi connectivity index (χ4v) is 3.17. The first-order chi connectivity index (χ1) is 15.3. The zero-order valence-electron chi connectivity index (χ0n) is 17.3. The second-order valence-corrected chi connectivity index (χ2v) is 7.74. The van der Waals surface area contributed by atoms with Gasteiger partial charge in [0.2, 0.25) is 0 Å². The van der Waals surface area contributed by atoms with Crippen molar-refractivity contribution in [3.05, 3.63) is 87.0 Å². The number of nitro groups is 1. The van der Waals surface area contributed by atoms with Crippen LogP contribution in [0.15, 0.2) is 65.8 Å². The largest absolute Gasteiger partial charge is 0.491 e. The van der Waals surface area contributed by atoms with E-state index in [0.29, 0.717) is 16.4 Å². The van der Waals surface area contributed by atoms with Crippen LogP contribution in [0, 0.1) is 10.1 Å². The molecular weight excluding hydrogens is 432 g/mol. The minimum absolute atomic E-state index is 0.0187. The van der Waals surface area contributed by atoms with Gasteiger partial charge in [0.05, 0.1) is 11.0 Å². The number of nitrogens with zero attached hydrogens (tertiary/aromatic N) is 2. The van der Waals surface area contributed by atoms with Crippen molar-refractivity contribution in [2.24, 2.45) is 0 Å². The fraction of sp³-hybridized carbons (Fsp3) is 0.136. The average molecular weight is 452 g/mol. The topological polar surface area (TPSA) is 123 Å². The van der Waals surface area contributed by atoms with E-state index in [1.807, 2.05) is 13.8 Å². The Labute approximate surface area is 187 Å².